The van der Waals surface area contributed by atoms with E-state index < -0.39 is 5.82 Å². The molecule has 0 bridgehead atoms. The minimum atomic E-state index is -0.450. The Morgan fingerprint density at radius 2 is 1.86 bits per heavy atom. The molecular weight excluding hydrogens is 561 g/mol. The number of aromatic nitrogens is 3. The molecule has 2 aliphatic heterocycles. The molecule has 4 heterocycles. The zero-order valence-electron chi connectivity index (χ0n) is 23.5. The first kappa shape index (κ1) is 29.3. The number of methoxy groups -OCH3 is 1. The van der Waals surface area contributed by atoms with Gasteiger partial charge >= 0.3 is 0 Å². The molecule has 1 atom stereocenters. The molecule has 10 nitrogen and oxygen atoms in total. The number of halogens is 2. The van der Waals surface area contributed by atoms with Crippen molar-refractivity contribution in [3.05, 3.63) is 71.9 Å². The molecule has 0 spiro atoms. The largest absolute Gasteiger partial charge is 0.494 e. The summed E-state index contributed by atoms with van der Waals surface area (Å²) in [6.07, 6.45) is 7.01. The Balaban J connectivity index is 0.00000353. The Morgan fingerprint density at radius 3 is 2.55 bits per heavy atom. The third-order valence-corrected chi connectivity index (χ3v) is 7.83. The lowest BCUT2D eigenvalue weighted by Gasteiger charge is -2.36. The van der Waals surface area contributed by atoms with Gasteiger partial charge in [-0.25, -0.2) is 14.4 Å². The number of aryl methyl sites for hydroxylation is 1. The van der Waals surface area contributed by atoms with E-state index in [0.29, 0.717) is 54.5 Å². The van der Waals surface area contributed by atoms with Gasteiger partial charge in [-0.2, -0.15) is 0 Å². The highest BCUT2D eigenvalue weighted by atomic mass is 35.5. The topological polar surface area (TPSA) is 104 Å². The van der Waals surface area contributed by atoms with E-state index in [2.05, 4.69) is 20.6 Å². The van der Waals surface area contributed by atoms with Crippen LogP contribution < -0.4 is 15.4 Å². The van der Waals surface area contributed by atoms with E-state index >= 15 is 0 Å². The number of carbonyl (C=O) groups is 2. The Hall–Kier alpha value is -4.22. The number of carbonyl (C=O) groups excluding carboxylic acids is 2. The van der Waals surface area contributed by atoms with Crippen molar-refractivity contribution in [2.45, 2.75) is 25.8 Å². The summed E-state index contributed by atoms with van der Waals surface area (Å²) in [6.45, 7) is 4.92. The number of fused-ring (bicyclic) bond motifs is 1. The van der Waals surface area contributed by atoms with Crippen LogP contribution in [-0.4, -0.2) is 81.9 Å². The van der Waals surface area contributed by atoms with Crippen LogP contribution in [0.1, 0.15) is 28.8 Å². The maximum atomic E-state index is 14.3. The van der Waals surface area contributed by atoms with Crippen LogP contribution in [0.15, 0.2) is 55.0 Å². The summed E-state index contributed by atoms with van der Waals surface area (Å²) in [6, 6.07) is 10.3. The standard InChI is InChI=1S/C30H32FN7O3.ClH/c1-19-16-21(6-7-22(19)29(39)36-12-14-37(15-13-36)30(40)24-4-3-9-32-24)35-27-28-34-18-25(38(28)11-10-33-27)20-5-8-26(41-2)23(31)17-20;/h5-8,10-11,16-18,24,32H,3-4,9,12-15H2,1-2H3,(H,33,35);1H/t24-;/m1./s1. The maximum Gasteiger partial charge on any atom is 0.254 e. The maximum absolute atomic E-state index is 14.3. The summed E-state index contributed by atoms with van der Waals surface area (Å²) in [5, 5.41) is 6.57. The van der Waals surface area contributed by atoms with Crippen LogP contribution in [0.25, 0.3) is 16.9 Å². The minimum Gasteiger partial charge on any atom is -0.494 e. The minimum absolute atomic E-state index is 0. The first-order valence-electron chi connectivity index (χ1n) is 13.8. The Bertz CT molecular complexity index is 1610. The molecule has 42 heavy (non-hydrogen) atoms. The van der Waals surface area contributed by atoms with Crippen molar-refractivity contribution in [1.82, 2.24) is 29.5 Å². The average molecular weight is 594 g/mol. The third kappa shape index (κ3) is 5.62. The molecule has 6 rings (SSSR count). The van der Waals surface area contributed by atoms with Gasteiger partial charge in [0.2, 0.25) is 5.91 Å². The molecule has 2 saturated heterocycles. The molecule has 0 radical (unpaired) electrons. The van der Waals surface area contributed by atoms with Gasteiger partial charge in [0.15, 0.2) is 23.0 Å². The third-order valence-electron chi connectivity index (χ3n) is 7.83. The van der Waals surface area contributed by atoms with Crippen LogP contribution in [0.2, 0.25) is 0 Å². The van der Waals surface area contributed by atoms with Crippen molar-refractivity contribution in [2.24, 2.45) is 0 Å². The van der Waals surface area contributed by atoms with Crippen molar-refractivity contribution in [3.8, 4) is 17.0 Å². The Labute approximate surface area is 249 Å². The van der Waals surface area contributed by atoms with Crippen LogP contribution in [0, 0.1) is 12.7 Å². The monoisotopic (exact) mass is 593 g/mol. The molecule has 4 aromatic rings. The highest BCUT2D eigenvalue weighted by molar-refractivity contribution is 5.96. The van der Waals surface area contributed by atoms with Gasteiger partial charge in [-0.1, -0.05) is 0 Å². The van der Waals surface area contributed by atoms with Gasteiger partial charge < -0.3 is 25.2 Å². The lowest BCUT2D eigenvalue weighted by molar-refractivity contribution is -0.134. The lowest BCUT2D eigenvalue weighted by atomic mass is 10.1. The fourth-order valence-corrected chi connectivity index (χ4v) is 5.58. The number of amides is 2. The molecular formula is C30H33ClFN7O3. The van der Waals surface area contributed by atoms with Crippen LogP contribution >= 0.6 is 12.4 Å². The molecule has 0 aliphatic carbocycles. The van der Waals surface area contributed by atoms with E-state index in [0.717, 1.165) is 30.6 Å². The average Bonchev–Trinajstić information content (AvgIpc) is 3.68. The van der Waals surface area contributed by atoms with Gasteiger partial charge in [0, 0.05) is 55.4 Å². The number of imidazole rings is 1. The number of anilines is 2. The molecule has 2 N–H and O–H groups in total. The number of rotatable bonds is 6. The fraction of sp³-hybridized carbons (Fsp3) is 0.333. The van der Waals surface area contributed by atoms with Gasteiger partial charge in [-0.15, -0.1) is 12.4 Å². The zero-order valence-corrected chi connectivity index (χ0v) is 24.3. The zero-order chi connectivity index (χ0) is 28.5. The van der Waals surface area contributed by atoms with Crippen LogP contribution in [0.5, 0.6) is 5.75 Å². The molecule has 2 amide bonds. The van der Waals surface area contributed by atoms with Crippen molar-refractivity contribution < 1.29 is 18.7 Å². The fourth-order valence-electron chi connectivity index (χ4n) is 5.58. The molecule has 2 aromatic heterocycles. The van der Waals surface area contributed by atoms with Crippen molar-refractivity contribution >= 4 is 41.4 Å². The second-order valence-electron chi connectivity index (χ2n) is 10.4. The molecule has 220 valence electrons. The number of nitrogens with one attached hydrogen (secondary N) is 2. The van der Waals surface area contributed by atoms with Crippen LogP contribution in [0.3, 0.4) is 0 Å². The summed E-state index contributed by atoms with van der Waals surface area (Å²) in [7, 11) is 1.43. The molecule has 2 aromatic carbocycles. The van der Waals surface area contributed by atoms with Crippen molar-refractivity contribution in [2.75, 3.05) is 45.2 Å². The number of nitrogens with zero attached hydrogens (tertiary/aromatic N) is 5. The predicted molar refractivity (Wildman–Crippen MR) is 160 cm³/mol. The quantitative estimate of drug-likeness (QED) is 0.348. The van der Waals surface area contributed by atoms with Gasteiger partial charge in [0.05, 0.1) is 25.0 Å². The number of benzene rings is 2. The molecule has 2 aliphatic rings. The SMILES string of the molecule is COc1ccc(-c2cnc3c(Nc4ccc(C(=O)N5CCN(C(=O)[C@H]6CCCN6)CC5)c(C)c4)nccn23)cc1F.Cl. The first-order valence-corrected chi connectivity index (χ1v) is 13.8. The normalized spacial score (nSPS) is 16.8. The van der Waals surface area contributed by atoms with E-state index in [1.807, 2.05) is 39.3 Å². The van der Waals surface area contributed by atoms with Crippen molar-refractivity contribution in [3.63, 3.8) is 0 Å². The van der Waals surface area contributed by atoms with E-state index in [9.17, 15) is 14.0 Å². The van der Waals surface area contributed by atoms with Crippen LogP contribution in [-0.2, 0) is 4.79 Å². The first-order chi connectivity index (χ1) is 19.9. The van der Waals surface area contributed by atoms with Gasteiger partial charge in [-0.3, -0.25) is 14.0 Å². The van der Waals surface area contributed by atoms with Crippen LogP contribution in [0.4, 0.5) is 15.9 Å². The van der Waals surface area contributed by atoms with E-state index in [4.69, 9.17) is 4.74 Å². The molecule has 12 heteroatoms. The number of hydrogen-bond donors (Lipinski definition) is 2. The predicted octanol–water partition coefficient (Wildman–Crippen LogP) is 4.05. The number of hydrogen-bond acceptors (Lipinski definition) is 7. The van der Waals surface area contributed by atoms with Gasteiger partial charge in [0.25, 0.3) is 5.91 Å². The van der Waals surface area contributed by atoms with E-state index in [1.54, 1.807) is 30.7 Å². The summed E-state index contributed by atoms with van der Waals surface area (Å²) >= 11 is 0. The van der Waals surface area contributed by atoms with Crippen molar-refractivity contribution in [1.29, 1.82) is 0 Å². The Morgan fingerprint density at radius 1 is 1.07 bits per heavy atom. The van der Waals surface area contributed by atoms with E-state index in [-0.39, 0.29) is 36.0 Å². The second-order valence-corrected chi connectivity index (χ2v) is 10.4. The number of ether oxygens (including phenoxy) is 1. The molecule has 0 unspecified atom stereocenters. The summed E-state index contributed by atoms with van der Waals surface area (Å²) < 4.78 is 21.2. The smallest absolute Gasteiger partial charge is 0.254 e. The Kier molecular flexibility index (Phi) is 8.60. The number of piperazine rings is 1. The van der Waals surface area contributed by atoms with E-state index in [1.165, 1.54) is 13.2 Å². The molecule has 0 saturated carbocycles. The van der Waals surface area contributed by atoms with Gasteiger partial charge in [0.1, 0.15) is 0 Å². The lowest BCUT2D eigenvalue weighted by Crippen LogP contribution is -2.54. The van der Waals surface area contributed by atoms with Gasteiger partial charge in [-0.05, 0) is 68.3 Å². The summed E-state index contributed by atoms with van der Waals surface area (Å²) in [5.41, 5.74) is 4.18. The summed E-state index contributed by atoms with van der Waals surface area (Å²) in [4.78, 5) is 38.7. The summed E-state index contributed by atoms with van der Waals surface area (Å²) in [5.74, 6) is 0.367. The highest BCUT2D eigenvalue weighted by Gasteiger charge is 2.31. The highest BCUT2D eigenvalue weighted by Crippen LogP contribution is 2.29. The second kappa shape index (κ2) is 12.3. The molecule has 2 fully saturated rings.